The van der Waals surface area contributed by atoms with Crippen LogP contribution >= 0.6 is 0 Å². The largest absolute Gasteiger partial charge is 0.350 e. The average Bonchev–Trinajstić information content (AvgIpc) is 3.25. The first kappa shape index (κ1) is 19.6. The molecule has 0 unspecified atom stereocenters. The highest BCUT2D eigenvalue weighted by Crippen LogP contribution is 2.13. The van der Waals surface area contributed by atoms with Crippen LogP contribution in [-0.4, -0.2) is 42.3 Å². The summed E-state index contributed by atoms with van der Waals surface area (Å²) in [5, 5.41) is 5.38. The highest BCUT2D eigenvalue weighted by atomic mass is 16.2. The fourth-order valence-corrected chi connectivity index (χ4v) is 3.10. The lowest BCUT2D eigenvalue weighted by atomic mass is 10.1. The first-order valence-electron chi connectivity index (χ1n) is 9.53. The van der Waals surface area contributed by atoms with Gasteiger partial charge in [-0.1, -0.05) is 29.8 Å². The molecule has 146 valence electrons. The SMILES string of the molecule is Cc1ccc(C(=O)NCC(=O)NCc2ccc(C(=O)N3CCCC3)cc2)cc1. The Morgan fingerprint density at radius 1 is 0.857 bits per heavy atom. The smallest absolute Gasteiger partial charge is 0.253 e. The maximum absolute atomic E-state index is 12.3. The number of nitrogens with zero attached hydrogens (tertiary/aromatic N) is 1. The molecule has 2 N–H and O–H groups in total. The minimum atomic E-state index is -0.278. The van der Waals surface area contributed by atoms with Crippen LogP contribution in [0.25, 0.3) is 0 Å². The highest BCUT2D eigenvalue weighted by molar-refractivity contribution is 5.96. The van der Waals surface area contributed by atoms with E-state index in [2.05, 4.69) is 10.6 Å². The summed E-state index contributed by atoms with van der Waals surface area (Å²) in [6.45, 7) is 3.86. The number of amides is 3. The second-order valence-corrected chi connectivity index (χ2v) is 7.02. The van der Waals surface area contributed by atoms with Crippen molar-refractivity contribution in [1.29, 1.82) is 0 Å². The number of benzene rings is 2. The van der Waals surface area contributed by atoms with E-state index in [0.717, 1.165) is 37.1 Å². The number of carbonyl (C=O) groups is 3. The molecule has 0 radical (unpaired) electrons. The summed E-state index contributed by atoms with van der Waals surface area (Å²) >= 11 is 0. The third kappa shape index (κ3) is 5.19. The predicted octanol–water partition coefficient (Wildman–Crippen LogP) is 2.28. The number of likely N-dealkylation sites (tertiary alicyclic amines) is 1. The molecule has 1 saturated heterocycles. The van der Waals surface area contributed by atoms with Crippen LogP contribution in [0, 0.1) is 6.92 Å². The van der Waals surface area contributed by atoms with Gasteiger partial charge in [0.2, 0.25) is 5.91 Å². The second kappa shape index (κ2) is 9.17. The number of carbonyl (C=O) groups excluding carboxylic acids is 3. The van der Waals surface area contributed by atoms with Gasteiger partial charge in [-0.25, -0.2) is 0 Å². The van der Waals surface area contributed by atoms with Crippen molar-refractivity contribution in [1.82, 2.24) is 15.5 Å². The molecule has 0 atom stereocenters. The van der Waals surface area contributed by atoms with Gasteiger partial charge in [-0.05, 0) is 49.6 Å². The van der Waals surface area contributed by atoms with Gasteiger partial charge >= 0.3 is 0 Å². The minimum Gasteiger partial charge on any atom is -0.350 e. The third-order valence-electron chi connectivity index (χ3n) is 4.81. The zero-order valence-electron chi connectivity index (χ0n) is 16.0. The van der Waals surface area contributed by atoms with Crippen LogP contribution in [0.3, 0.4) is 0 Å². The Morgan fingerprint density at radius 2 is 1.46 bits per heavy atom. The molecule has 28 heavy (non-hydrogen) atoms. The van der Waals surface area contributed by atoms with Gasteiger partial charge in [0, 0.05) is 30.8 Å². The summed E-state index contributed by atoms with van der Waals surface area (Å²) in [5.74, 6) is -0.482. The third-order valence-corrected chi connectivity index (χ3v) is 4.81. The lowest BCUT2D eigenvalue weighted by molar-refractivity contribution is -0.120. The lowest BCUT2D eigenvalue weighted by Crippen LogP contribution is -2.36. The first-order valence-corrected chi connectivity index (χ1v) is 9.53. The quantitative estimate of drug-likeness (QED) is 0.808. The van der Waals surface area contributed by atoms with Gasteiger partial charge in [-0.2, -0.15) is 0 Å². The molecule has 2 aromatic carbocycles. The van der Waals surface area contributed by atoms with Crippen molar-refractivity contribution in [2.75, 3.05) is 19.6 Å². The van der Waals surface area contributed by atoms with Crippen molar-refractivity contribution in [3.05, 3.63) is 70.8 Å². The molecule has 1 aliphatic heterocycles. The Bertz CT molecular complexity index is 838. The monoisotopic (exact) mass is 379 g/mol. The molecule has 6 heteroatoms. The van der Waals surface area contributed by atoms with Crippen LogP contribution < -0.4 is 10.6 Å². The molecule has 6 nitrogen and oxygen atoms in total. The molecule has 2 aromatic rings. The van der Waals surface area contributed by atoms with E-state index in [1.807, 2.05) is 36.1 Å². The molecular formula is C22H25N3O3. The number of hydrogen-bond acceptors (Lipinski definition) is 3. The van der Waals surface area contributed by atoms with Crippen molar-refractivity contribution >= 4 is 17.7 Å². The molecule has 1 fully saturated rings. The van der Waals surface area contributed by atoms with Gasteiger partial charge in [0.15, 0.2) is 0 Å². The minimum absolute atomic E-state index is 0.0619. The summed E-state index contributed by atoms with van der Waals surface area (Å²) < 4.78 is 0. The fraction of sp³-hybridized carbons (Fsp3) is 0.318. The fourth-order valence-electron chi connectivity index (χ4n) is 3.10. The Balaban J connectivity index is 1.43. The standard InChI is InChI=1S/C22H25N3O3/c1-16-4-8-18(9-5-16)21(27)24-15-20(26)23-14-17-6-10-19(11-7-17)22(28)25-12-2-3-13-25/h4-11H,2-3,12-15H2,1H3,(H,23,26)(H,24,27). The Labute approximate surface area is 164 Å². The van der Waals surface area contributed by atoms with E-state index in [9.17, 15) is 14.4 Å². The van der Waals surface area contributed by atoms with Crippen LogP contribution in [0.15, 0.2) is 48.5 Å². The van der Waals surface area contributed by atoms with E-state index in [-0.39, 0.29) is 24.3 Å². The van der Waals surface area contributed by atoms with Crippen molar-refractivity contribution in [3.8, 4) is 0 Å². The van der Waals surface area contributed by atoms with Gasteiger partial charge in [0.05, 0.1) is 6.54 Å². The van der Waals surface area contributed by atoms with Gasteiger partial charge in [0.1, 0.15) is 0 Å². The molecule has 1 aliphatic rings. The summed E-state index contributed by atoms with van der Waals surface area (Å²) in [7, 11) is 0. The summed E-state index contributed by atoms with van der Waals surface area (Å²) in [4.78, 5) is 38.2. The van der Waals surface area contributed by atoms with Gasteiger partial charge in [-0.15, -0.1) is 0 Å². The maximum Gasteiger partial charge on any atom is 0.253 e. The van der Waals surface area contributed by atoms with Crippen molar-refractivity contribution in [3.63, 3.8) is 0 Å². The predicted molar refractivity (Wildman–Crippen MR) is 107 cm³/mol. The number of aryl methyl sites for hydroxylation is 1. The molecule has 0 aliphatic carbocycles. The van der Waals surface area contributed by atoms with E-state index in [0.29, 0.717) is 17.7 Å². The molecule has 0 bridgehead atoms. The molecule has 0 saturated carbocycles. The van der Waals surface area contributed by atoms with Crippen LogP contribution in [0.1, 0.15) is 44.7 Å². The van der Waals surface area contributed by atoms with E-state index in [1.165, 1.54) is 0 Å². The normalized spacial score (nSPS) is 13.2. The summed E-state index contributed by atoms with van der Waals surface area (Å²) in [6.07, 6.45) is 2.13. The number of nitrogens with one attached hydrogen (secondary N) is 2. The lowest BCUT2D eigenvalue weighted by Gasteiger charge is -2.15. The Kier molecular flexibility index (Phi) is 6.42. The zero-order valence-corrected chi connectivity index (χ0v) is 16.0. The van der Waals surface area contributed by atoms with Crippen LogP contribution in [0.2, 0.25) is 0 Å². The first-order chi connectivity index (χ1) is 13.5. The van der Waals surface area contributed by atoms with Gasteiger partial charge in [0.25, 0.3) is 11.8 Å². The molecular weight excluding hydrogens is 354 g/mol. The van der Waals surface area contributed by atoms with Gasteiger partial charge < -0.3 is 15.5 Å². The van der Waals surface area contributed by atoms with E-state index < -0.39 is 0 Å². The maximum atomic E-state index is 12.3. The molecule has 0 aromatic heterocycles. The van der Waals surface area contributed by atoms with Crippen LogP contribution in [-0.2, 0) is 11.3 Å². The number of rotatable bonds is 6. The van der Waals surface area contributed by atoms with Crippen molar-refractivity contribution < 1.29 is 14.4 Å². The van der Waals surface area contributed by atoms with Crippen molar-refractivity contribution in [2.24, 2.45) is 0 Å². The molecule has 1 heterocycles. The Morgan fingerprint density at radius 3 is 2.11 bits per heavy atom. The van der Waals surface area contributed by atoms with Gasteiger partial charge in [-0.3, -0.25) is 14.4 Å². The number of hydrogen-bond donors (Lipinski definition) is 2. The zero-order chi connectivity index (χ0) is 19.9. The topological polar surface area (TPSA) is 78.5 Å². The van der Waals surface area contributed by atoms with E-state index in [1.54, 1.807) is 24.3 Å². The van der Waals surface area contributed by atoms with E-state index in [4.69, 9.17) is 0 Å². The van der Waals surface area contributed by atoms with Crippen LogP contribution in [0.5, 0.6) is 0 Å². The molecule has 3 amide bonds. The molecule has 3 rings (SSSR count). The van der Waals surface area contributed by atoms with Crippen molar-refractivity contribution in [2.45, 2.75) is 26.3 Å². The Hall–Kier alpha value is -3.15. The summed E-state index contributed by atoms with van der Waals surface area (Å²) in [5.41, 5.74) is 3.16. The second-order valence-electron chi connectivity index (χ2n) is 7.02. The van der Waals surface area contributed by atoms with Crippen LogP contribution in [0.4, 0.5) is 0 Å². The summed E-state index contributed by atoms with van der Waals surface area (Å²) in [6, 6.07) is 14.4. The average molecular weight is 379 g/mol. The molecule has 0 spiro atoms. The highest BCUT2D eigenvalue weighted by Gasteiger charge is 2.19. The van der Waals surface area contributed by atoms with E-state index >= 15 is 0 Å².